The van der Waals surface area contributed by atoms with Crippen molar-refractivity contribution in [3.63, 3.8) is 0 Å². The van der Waals surface area contributed by atoms with Crippen molar-refractivity contribution < 1.29 is 31.9 Å². The molecule has 0 unspecified atom stereocenters. The number of hydrogen-bond donors (Lipinski definition) is 3. The van der Waals surface area contributed by atoms with E-state index in [1.165, 1.54) is 20.9 Å². The Morgan fingerprint density at radius 3 is 2.25 bits per heavy atom. The number of aromatic nitrogens is 2. The molecular formula is C25H29ClF2N5O6P. The van der Waals surface area contributed by atoms with Crippen molar-refractivity contribution >= 4 is 42.6 Å². The molecule has 0 radical (unpaired) electrons. The van der Waals surface area contributed by atoms with Crippen molar-refractivity contribution in [2.75, 3.05) is 49.4 Å². The van der Waals surface area contributed by atoms with Gasteiger partial charge in [-0.1, -0.05) is 23.7 Å². The molecule has 2 aromatic carbocycles. The van der Waals surface area contributed by atoms with E-state index in [4.69, 9.17) is 31.1 Å². The fraction of sp³-hybridized carbons (Fsp3) is 0.320. The summed E-state index contributed by atoms with van der Waals surface area (Å²) in [6.45, 7) is 2.10. The second-order valence-corrected chi connectivity index (χ2v) is 10.6. The number of ether oxygens (including phenoxy) is 1. The second-order valence-electron chi connectivity index (χ2n) is 8.11. The third-order valence-corrected chi connectivity index (χ3v) is 7.89. The molecule has 0 bridgehead atoms. The average molecular weight is 600 g/mol. The molecule has 40 heavy (non-hydrogen) atoms. The minimum absolute atomic E-state index is 0.0646. The first-order chi connectivity index (χ1) is 19.0. The molecule has 0 saturated heterocycles. The number of anilines is 3. The predicted octanol–water partition coefficient (Wildman–Crippen LogP) is 5.09. The van der Waals surface area contributed by atoms with Gasteiger partial charge in [0.1, 0.15) is 12.4 Å². The van der Waals surface area contributed by atoms with Crippen LogP contribution in [0.15, 0.2) is 53.3 Å². The lowest BCUT2D eigenvalue weighted by Crippen LogP contribution is -2.39. The standard InChI is InChI=1S/C25H29ClF2N5O6P/c1-4-38-40(36,39-5-2)25(27,28)17-8-6-16(7-9-17)23(35)33(14-15-37-19-12-10-18(26)11-13-19)20-21(29)31-24(30-3)32-22(20)34/h6-13H,4-5,14-15H2,1-3H3,(H4,29,30,31,32,34). The van der Waals surface area contributed by atoms with Crippen LogP contribution in [0.3, 0.4) is 0 Å². The number of nitrogens with one attached hydrogen (secondary N) is 2. The van der Waals surface area contributed by atoms with Gasteiger partial charge < -0.3 is 24.8 Å². The molecule has 0 fully saturated rings. The summed E-state index contributed by atoms with van der Waals surface area (Å²) in [5.74, 6) is -0.452. The number of amides is 1. The van der Waals surface area contributed by atoms with E-state index in [9.17, 15) is 14.2 Å². The zero-order valence-electron chi connectivity index (χ0n) is 21.9. The molecule has 4 N–H and O–H groups in total. The lowest BCUT2D eigenvalue weighted by molar-refractivity contribution is 0.0360. The van der Waals surface area contributed by atoms with Gasteiger partial charge in [-0.15, -0.1) is 0 Å². The van der Waals surface area contributed by atoms with Crippen molar-refractivity contribution in [2.24, 2.45) is 0 Å². The van der Waals surface area contributed by atoms with Crippen molar-refractivity contribution in [3.05, 3.63) is 75.0 Å². The lowest BCUT2D eigenvalue weighted by Gasteiger charge is -2.26. The van der Waals surface area contributed by atoms with Crippen molar-refractivity contribution in [1.82, 2.24) is 9.97 Å². The van der Waals surface area contributed by atoms with Crippen LogP contribution < -0.4 is 26.2 Å². The molecule has 3 rings (SSSR count). The maximum Gasteiger partial charge on any atom is 0.404 e. The number of halogens is 3. The van der Waals surface area contributed by atoms with Crippen LogP contribution in [0.2, 0.25) is 5.02 Å². The minimum atomic E-state index is -4.85. The number of hydrogen-bond acceptors (Lipinski definition) is 9. The van der Waals surface area contributed by atoms with Gasteiger partial charge in [-0.05, 0) is 50.2 Å². The molecule has 0 spiro atoms. The van der Waals surface area contributed by atoms with Gasteiger partial charge in [-0.3, -0.25) is 24.0 Å². The highest BCUT2D eigenvalue weighted by atomic mass is 35.5. The number of benzene rings is 2. The Kier molecular flexibility index (Phi) is 10.3. The Hall–Kier alpha value is -3.51. The second kappa shape index (κ2) is 13.2. The number of nitrogen functional groups attached to an aromatic ring is 1. The lowest BCUT2D eigenvalue weighted by atomic mass is 10.1. The van der Waals surface area contributed by atoms with Gasteiger partial charge in [0.2, 0.25) is 5.95 Å². The van der Waals surface area contributed by atoms with Gasteiger partial charge in [0.15, 0.2) is 11.5 Å². The van der Waals surface area contributed by atoms with Crippen LogP contribution in [0, 0.1) is 0 Å². The van der Waals surface area contributed by atoms with E-state index < -0.39 is 30.3 Å². The van der Waals surface area contributed by atoms with Crippen LogP contribution in [0.1, 0.15) is 29.8 Å². The summed E-state index contributed by atoms with van der Waals surface area (Å²) in [6.07, 6.45) is 0. The first-order valence-electron chi connectivity index (χ1n) is 12.1. The van der Waals surface area contributed by atoms with Gasteiger partial charge >= 0.3 is 13.3 Å². The normalized spacial score (nSPS) is 11.8. The third kappa shape index (κ3) is 6.79. The number of carbonyl (C=O) groups is 1. The van der Waals surface area contributed by atoms with E-state index in [2.05, 4.69) is 15.3 Å². The molecular weight excluding hydrogens is 571 g/mol. The van der Waals surface area contributed by atoms with E-state index in [1.54, 1.807) is 24.3 Å². The summed E-state index contributed by atoms with van der Waals surface area (Å²) in [5.41, 5.74) is 0.327. The highest BCUT2D eigenvalue weighted by Crippen LogP contribution is 2.66. The molecule has 0 atom stereocenters. The zero-order chi connectivity index (χ0) is 29.5. The maximum atomic E-state index is 15.2. The van der Waals surface area contributed by atoms with Gasteiger partial charge in [-0.2, -0.15) is 13.8 Å². The van der Waals surface area contributed by atoms with Gasteiger partial charge in [0, 0.05) is 23.2 Å². The number of alkyl halides is 2. The van der Waals surface area contributed by atoms with Crippen molar-refractivity contribution in [2.45, 2.75) is 19.5 Å². The molecule has 3 aromatic rings. The van der Waals surface area contributed by atoms with E-state index in [0.717, 1.165) is 29.2 Å². The molecule has 0 aliphatic rings. The van der Waals surface area contributed by atoms with Crippen molar-refractivity contribution in [1.29, 1.82) is 0 Å². The number of H-pyrrole nitrogens is 1. The average Bonchev–Trinajstić information content (AvgIpc) is 2.92. The van der Waals surface area contributed by atoms with Gasteiger partial charge in [0.05, 0.1) is 19.8 Å². The molecule has 1 heterocycles. The maximum absolute atomic E-state index is 15.2. The van der Waals surface area contributed by atoms with Crippen LogP contribution in [0.25, 0.3) is 0 Å². The number of nitrogens with two attached hydrogens (primary N) is 1. The quantitative estimate of drug-likeness (QED) is 0.228. The molecule has 11 nitrogen and oxygen atoms in total. The number of nitrogens with zero attached hydrogens (tertiary/aromatic N) is 2. The van der Waals surface area contributed by atoms with E-state index in [0.29, 0.717) is 10.8 Å². The van der Waals surface area contributed by atoms with Gasteiger partial charge in [0.25, 0.3) is 11.5 Å². The van der Waals surface area contributed by atoms with Gasteiger partial charge in [-0.25, -0.2) is 0 Å². The van der Waals surface area contributed by atoms with Crippen LogP contribution in [-0.2, 0) is 19.3 Å². The third-order valence-electron chi connectivity index (χ3n) is 5.49. The predicted molar refractivity (Wildman–Crippen MR) is 149 cm³/mol. The van der Waals surface area contributed by atoms with Crippen molar-refractivity contribution in [3.8, 4) is 5.75 Å². The Morgan fingerprint density at radius 2 is 1.73 bits per heavy atom. The summed E-state index contributed by atoms with van der Waals surface area (Å²) >= 11 is 5.89. The fourth-order valence-corrected chi connectivity index (χ4v) is 5.30. The SMILES string of the molecule is CCOP(=O)(OCC)C(F)(F)c1ccc(C(=O)N(CCOc2ccc(Cl)cc2)c2c(N)nc(NC)[nH]c2=O)cc1. The minimum Gasteiger partial charge on any atom is -0.492 e. The van der Waals surface area contributed by atoms with Crippen LogP contribution in [0.4, 0.5) is 26.2 Å². The zero-order valence-corrected chi connectivity index (χ0v) is 23.6. The fourth-order valence-electron chi connectivity index (χ4n) is 3.63. The van der Waals surface area contributed by atoms with Crippen LogP contribution in [-0.4, -0.2) is 49.3 Å². The highest BCUT2D eigenvalue weighted by molar-refractivity contribution is 7.54. The molecule has 1 amide bonds. The largest absolute Gasteiger partial charge is 0.492 e. The number of carbonyl (C=O) groups excluding carboxylic acids is 1. The Labute approximate surface area is 234 Å². The summed E-state index contributed by atoms with van der Waals surface area (Å²) in [5, 5.41) is 3.16. The van der Waals surface area contributed by atoms with Crippen LogP contribution in [0.5, 0.6) is 5.75 Å². The number of aromatic amines is 1. The smallest absolute Gasteiger partial charge is 0.404 e. The molecule has 0 saturated carbocycles. The van der Waals surface area contributed by atoms with E-state index in [-0.39, 0.29) is 49.4 Å². The summed E-state index contributed by atoms with van der Waals surface area (Å²) in [6, 6.07) is 10.6. The van der Waals surface area contributed by atoms with E-state index in [1.807, 2.05) is 0 Å². The summed E-state index contributed by atoms with van der Waals surface area (Å²) in [4.78, 5) is 34.0. The number of rotatable bonds is 13. The van der Waals surface area contributed by atoms with Crippen LogP contribution >= 0.6 is 19.2 Å². The Bertz CT molecular complexity index is 1410. The molecule has 216 valence electrons. The summed E-state index contributed by atoms with van der Waals surface area (Å²) < 4.78 is 58.4. The topological polar surface area (TPSA) is 149 Å². The molecule has 1 aromatic heterocycles. The Morgan fingerprint density at radius 1 is 1.12 bits per heavy atom. The first kappa shape index (κ1) is 31.0. The first-order valence-corrected chi connectivity index (χ1v) is 14.0. The molecule has 0 aliphatic heterocycles. The summed E-state index contributed by atoms with van der Waals surface area (Å²) in [7, 11) is -3.33. The monoisotopic (exact) mass is 599 g/mol. The van der Waals surface area contributed by atoms with E-state index >= 15 is 8.78 Å². The Balaban J connectivity index is 1.94. The molecule has 15 heteroatoms. The molecule has 0 aliphatic carbocycles. The highest BCUT2D eigenvalue weighted by Gasteiger charge is 2.54.